The number of rotatable bonds is 16. The number of ketones is 2. The van der Waals surface area contributed by atoms with Crippen molar-refractivity contribution in [2.45, 2.75) is 165 Å². The first-order valence-electron chi connectivity index (χ1n) is 31.8. The molecule has 16 atom stereocenters. The molecule has 2 bridgehead atoms. The summed E-state index contributed by atoms with van der Waals surface area (Å²) in [6, 6.07) is -2.15. The summed E-state index contributed by atoms with van der Waals surface area (Å²) in [5.41, 5.74) is 6.52. The number of amides is 12. The lowest BCUT2D eigenvalue weighted by atomic mass is 9.93. The molecule has 5 aliphatic rings. The molecule has 1 aromatic heterocycles. The molecule has 96 heavy (non-hydrogen) atoms. The minimum atomic E-state index is -2.44. The second-order valence-corrected chi connectivity index (χ2v) is 26.9. The van der Waals surface area contributed by atoms with Crippen LogP contribution in [-0.2, 0) is 93.8 Å². The zero-order valence-electron chi connectivity index (χ0n) is 54.0. The quantitative estimate of drug-likeness (QED) is 0.0636. The predicted octanol–water partition coefficient (Wildman–Crippen LogP) is -3.00. The van der Waals surface area contributed by atoms with E-state index < -0.39 is 223 Å². The molecule has 8 rings (SSSR count). The zero-order valence-corrected chi connectivity index (χ0v) is 54.8. The Morgan fingerprint density at radius 3 is 2.12 bits per heavy atom. The number of aliphatic hydroxyl groups is 1. The van der Waals surface area contributed by atoms with Crippen molar-refractivity contribution in [1.29, 1.82) is 0 Å². The van der Waals surface area contributed by atoms with Crippen molar-refractivity contribution in [2.75, 3.05) is 37.3 Å². The van der Waals surface area contributed by atoms with Gasteiger partial charge in [-0.2, -0.15) is 0 Å². The van der Waals surface area contributed by atoms with Gasteiger partial charge in [0.25, 0.3) is 0 Å². The maximum atomic E-state index is 15.3. The van der Waals surface area contributed by atoms with Crippen molar-refractivity contribution >= 4 is 110 Å². The number of nitrogens with zero attached hydrogens (tertiary/aromatic N) is 1. The number of carbonyl (C=O) groups excluding carboxylic acids is 14. The van der Waals surface area contributed by atoms with Gasteiger partial charge in [-0.15, -0.1) is 0 Å². The number of phenols is 1. The number of aromatic hydroxyl groups is 1. The molecule has 520 valence electrons. The number of nitrogens with two attached hydrogens (primary N) is 1. The molecule has 3 aromatic rings. The van der Waals surface area contributed by atoms with Gasteiger partial charge in [0.15, 0.2) is 6.29 Å². The zero-order chi connectivity index (χ0) is 70.1. The Hall–Kier alpha value is -9.21. The van der Waals surface area contributed by atoms with Gasteiger partial charge in [-0.3, -0.25) is 71.3 Å². The van der Waals surface area contributed by atoms with E-state index in [0.717, 1.165) is 4.90 Å². The number of Topliss-reactive ketones (excluding diaryl/α,β-unsaturated/α-hetero) is 2. The summed E-state index contributed by atoms with van der Waals surface area (Å²) >= 11 is 0. The first-order valence-corrected chi connectivity index (χ1v) is 33.1. The van der Waals surface area contributed by atoms with E-state index in [4.69, 9.17) is 15.2 Å². The first kappa shape index (κ1) is 72.6. The number of anilines is 1. The normalized spacial score (nSPS) is 27.9. The van der Waals surface area contributed by atoms with E-state index in [1.165, 1.54) is 44.2 Å². The molecule has 1 aliphatic carbocycles. The summed E-state index contributed by atoms with van der Waals surface area (Å²) in [7, 11) is -2.44. The molecule has 1 saturated carbocycles. The lowest BCUT2D eigenvalue weighted by Gasteiger charge is -2.33. The maximum Gasteiger partial charge on any atom is 0.246 e. The third kappa shape index (κ3) is 17.6. The SMILES string of the molecule is CC[C@H](C)[C@@H]1NC(=O)CNC(=O)[C@@H]2Cc3c([nH]c4cc(O)ccc34)[S@](=O)CC(NC(=O)CNC1=O)C(=O)N[C@@H](CC(N)=O)C(=O)N1CC(O)C[C@H]1C(=O)N[C@@H]([C@@H](C)[C@@H]1COC(c3ccc(NC(=O)[C@@H](C)NC(=O)C(NC(=O)CCC4C(=O)CC(C)C4=O)C(C)C)cc3)O1)C(=O)N2. The number of fused-ring (bicyclic) bond motifs is 5. The number of aromatic amines is 1. The molecule has 2 aromatic carbocycles. The van der Waals surface area contributed by atoms with Gasteiger partial charge in [0.05, 0.1) is 66.3 Å². The molecule has 32 nitrogen and oxygen atoms in total. The summed E-state index contributed by atoms with van der Waals surface area (Å²) in [6.07, 6.45) is -5.16. The molecule has 15 N–H and O–H groups in total. The number of phenolic OH excluding ortho intramolecular Hbond substituents is 1. The number of benzene rings is 2. The van der Waals surface area contributed by atoms with E-state index in [0.29, 0.717) is 12.0 Å². The van der Waals surface area contributed by atoms with Crippen molar-refractivity contribution in [2.24, 2.45) is 35.3 Å². The van der Waals surface area contributed by atoms with Gasteiger partial charge >= 0.3 is 0 Å². The van der Waals surface area contributed by atoms with Crippen LogP contribution in [-0.4, -0.2) is 199 Å². The summed E-state index contributed by atoms with van der Waals surface area (Å²) in [5.74, 6) is -15.9. The van der Waals surface area contributed by atoms with Crippen LogP contribution in [0.5, 0.6) is 5.75 Å². The fourth-order valence-corrected chi connectivity index (χ4v) is 13.5. The Balaban J connectivity index is 1.07. The van der Waals surface area contributed by atoms with Crippen molar-refractivity contribution in [1.82, 2.24) is 57.7 Å². The van der Waals surface area contributed by atoms with Crippen LogP contribution < -0.4 is 58.9 Å². The van der Waals surface area contributed by atoms with E-state index in [1.807, 2.05) is 0 Å². The van der Waals surface area contributed by atoms with Crippen molar-refractivity contribution in [3.8, 4) is 5.75 Å². The van der Waals surface area contributed by atoms with Crippen LogP contribution in [0.3, 0.4) is 0 Å². The van der Waals surface area contributed by atoms with Gasteiger partial charge in [-0.05, 0) is 55.0 Å². The fourth-order valence-electron chi connectivity index (χ4n) is 12.1. The van der Waals surface area contributed by atoms with Gasteiger partial charge < -0.3 is 88.5 Å². The van der Waals surface area contributed by atoms with Crippen LogP contribution in [0.15, 0.2) is 47.5 Å². The average molecular weight is 1360 g/mol. The van der Waals surface area contributed by atoms with E-state index in [-0.39, 0.29) is 70.4 Å². The summed E-state index contributed by atoms with van der Waals surface area (Å²) in [6.45, 7) is 9.04. The Morgan fingerprint density at radius 1 is 0.781 bits per heavy atom. The number of aliphatic hydroxyl groups excluding tert-OH is 1. The summed E-state index contributed by atoms with van der Waals surface area (Å²) in [5, 5.41) is 47.4. The number of primary amides is 1. The Labute approximate surface area is 553 Å². The number of aromatic nitrogens is 1. The molecule has 4 aliphatic heterocycles. The van der Waals surface area contributed by atoms with Gasteiger partial charge in [0.2, 0.25) is 70.9 Å². The predicted molar refractivity (Wildman–Crippen MR) is 339 cm³/mol. The number of H-pyrrole nitrogens is 1. The van der Waals surface area contributed by atoms with E-state index >= 15 is 4.79 Å². The maximum absolute atomic E-state index is 15.3. The van der Waals surface area contributed by atoms with E-state index in [9.17, 15) is 76.8 Å². The molecule has 5 heterocycles. The smallest absolute Gasteiger partial charge is 0.246 e. The van der Waals surface area contributed by atoms with Gasteiger partial charge in [0.1, 0.15) is 70.7 Å². The van der Waals surface area contributed by atoms with Crippen molar-refractivity contribution < 1.29 is 91.0 Å². The number of hydrogen-bond donors (Lipinski definition) is 14. The second kappa shape index (κ2) is 31.6. The fraction of sp³-hybridized carbons (Fsp3) is 0.556. The first-order chi connectivity index (χ1) is 45.4. The third-order valence-electron chi connectivity index (χ3n) is 17.9. The lowest BCUT2D eigenvalue weighted by Crippen LogP contribution is -2.62. The summed E-state index contributed by atoms with van der Waals surface area (Å²) < 4.78 is 27.4. The van der Waals surface area contributed by atoms with Crippen molar-refractivity contribution in [3.63, 3.8) is 0 Å². The van der Waals surface area contributed by atoms with Crippen LogP contribution in [0.2, 0.25) is 0 Å². The summed E-state index contributed by atoms with van der Waals surface area (Å²) in [4.78, 5) is 196. The second-order valence-electron chi connectivity index (χ2n) is 25.4. The molecule has 3 fully saturated rings. The van der Waals surface area contributed by atoms with Crippen LogP contribution in [0.25, 0.3) is 10.9 Å². The molecular weight excluding hydrogens is 1270 g/mol. The highest BCUT2D eigenvalue weighted by Gasteiger charge is 2.47. The number of carbonyl (C=O) groups is 14. The topological polar surface area (TPSA) is 480 Å². The van der Waals surface area contributed by atoms with E-state index in [2.05, 4.69) is 58.2 Å². The van der Waals surface area contributed by atoms with E-state index in [1.54, 1.807) is 46.8 Å². The third-order valence-corrected chi connectivity index (χ3v) is 19.3. The Morgan fingerprint density at radius 2 is 1.47 bits per heavy atom. The highest BCUT2D eigenvalue weighted by molar-refractivity contribution is 7.85. The van der Waals surface area contributed by atoms with Crippen LogP contribution in [0.1, 0.15) is 104 Å². The monoisotopic (exact) mass is 1360 g/mol. The van der Waals surface area contributed by atoms with Crippen molar-refractivity contribution in [3.05, 3.63) is 53.6 Å². The Bertz CT molecular complexity index is 3580. The van der Waals surface area contributed by atoms with Gasteiger partial charge in [0, 0.05) is 66.8 Å². The molecule has 0 spiro atoms. The standard InChI is InChI=1S/C63H83N13O19S/c1-8-28(4)51-58(89)66-22-48(82)69-42-26-96(93)61-38(36-14-13-34(77)18-39(36)72-61)20-40(55(86)65-23-49(83)74-51)70-60(91)52(75-57(88)43-19-35(78)24-76(43)62(92)41(21-46(64)80)71-56(42)87)30(6)45-25-94-63(95-45)32-9-11-33(12-10-32)68-54(85)31(7)67-59(90)50(27(2)3)73-47(81)16-15-37-44(79)17-29(5)53(37)84/h9-14,18,27-31,35,37,40-43,45,50-52,63,72,77-78H,8,15-17,19-26H2,1-7H3,(H2,64,80)(H,65,86)(H,66,89)(H,67,90)(H,68,85)(H,69,82)(H,70,91)(H,71,87)(H,73,81)(H,74,83)(H,75,88)/t28-,29?,30-,31+,35?,37?,40-,41-,42?,43-,45-,50?,51-,52-,63?,96+/m0/s1. The molecule has 2 saturated heterocycles. The largest absolute Gasteiger partial charge is 0.508 e. The van der Waals surface area contributed by atoms with Gasteiger partial charge in [-0.25, -0.2) is 0 Å². The van der Waals surface area contributed by atoms with Crippen LogP contribution in [0.4, 0.5) is 5.69 Å². The lowest BCUT2D eigenvalue weighted by molar-refractivity contribution is -0.144. The number of hydrogen-bond acceptors (Lipinski definition) is 19. The minimum absolute atomic E-state index is 0.0183. The van der Waals surface area contributed by atoms with Crippen LogP contribution in [0, 0.1) is 29.6 Å². The minimum Gasteiger partial charge on any atom is -0.508 e. The van der Waals surface area contributed by atoms with Gasteiger partial charge in [-0.1, -0.05) is 60.1 Å². The number of nitrogens with one attached hydrogen (secondary N) is 11. The molecule has 0 radical (unpaired) electrons. The highest BCUT2D eigenvalue weighted by Crippen LogP contribution is 2.34. The van der Waals surface area contributed by atoms with Crippen LogP contribution >= 0.6 is 0 Å². The Kier molecular flexibility index (Phi) is 23.9. The number of ether oxygens (including phenoxy) is 2. The average Bonchev–Trinajstić information content (AvgIpc) is 1.63. The molecule has 12 amide bonds. The molecule has 33 heteroatoms. The molecule has 6 unspecified atom stereocenters. The molecular formula is C63H83N13O19S. The highest BCUT2D eigenvalue weighted by atomic mass is 32.2.